The Balaban J connectivity index is 1.66. The summed E-state index contributed by atoms with van der Waals surface area (Å²) in [6, 6.07) is 11.2. The molecular weight excluding hydrogens is 307 g/mol. The zero-order chi connectivity index (χ0) is 15.7. The number of carbonyl (C=O) groups is 2. The predicted molar refractivity (Wildman–Crippen MR) is 81.2 cm³/mol. The highest BCUT2D eigenvalue weighted by Gasteiger charge is 2.28. The van der Waals surface area contributed by atoms with E-state index in [1.54, 1.807) is 12.1 Å². The summed E-state index contributed by atoms with van der Waals surface area (Å²) in [5.74, 6) is -1.07. The Morgan fingerprint density at radius 1 is 1.27 bits per heavy atom. The minimum absolute atomic E-state index is 0.0670. The molecule has 0 bridgehead atoms. The lowest BCUT2D eigenvalue weighted by Gasteiger charge is -2.15. The van der Waals surface area contributed by atoms with Gasteiger partial charge in [-0.05, 0) is 29.8 Å². The molecule has 0 atom stereocenters. The van der Waals surface area contributed by atoms with E-state index in [9.17, 15) is 14.0 Å². The van der Waals surface area contributed by atoms with Crippen LogP contribution in [-0.4, -0.2) is 23.3 Å². The van der Waals surface area contributed by atoms with Crippen LogP contribution in [0.25, 0.3) is 0 Å². The lowest BCUT2D eigenvalue weighted by atomic mass is 10.1. The van der Waals surface area contributed by atoms with E-state index in [1.807, 2.05) is 12.1 Å². The Bertz CT molecular complexity index is 764. The number of nitrogens with one attached hydrogen (secondary N) is 1. The zero-order valence-corrected chi connectivity index (χ0v) is 12.2. The van der Waals surface area contributed by atoms with Crippen molar-refractivity contribution in [2.24, 2.45) is 0 Å². The first-order valence-electron chi connectivity index (χ1n) is 6.66. The third kappa shape index (κ3) is 2.80. The average molecular weight is 319 g/mol. The van der Waals surface area contributed by atoms with E-state index in [1.165, 1.54) is 23.1 Å². The Kier molecular flexibility index (Phi) is 3.81. The molecule has 1 aliphatic heterocycles. The molecule has 2 aromatic rings. The molecule has 2 amide bonds. The summed E-state index contributed by atoms with van der Waals surface area (Å²) in [4.78, 5) is 25.6. The smallest absolute Gasteiger partial charge is 0.254 e. The number of rotatable bonds is 3. The van der Waals surface area contributed by atoms with Gasteiger partial charge < -0.3 is 10.2 Å². The maximum Gasteiger partial charge on any atom is 0.254 e. The second-order valence-corrected chi connectivity index (χ2v) is 5.40. The van der Waals surface area contributed by atoms with Crippen molar-refractivity contribution in [2.45, 2.75) is 6.54 Å². The summed E-state index contributed by atoms with van der Waals surface area (Å²) >= 11 is 5.66. The number of hydrogen-bond donors (Lipinski definition) is 1. The normalized spacial score (nSPS) is 13.2. The van der Waals surface area contributed by atoms with Gasteiger partial charge in [0, 0.05) is 17.8 Å². The van der Waals surface area contributed by atoms with Crippen LogP contribution in [0.15, 0.2) is 42.5 Å². The van der Waals surface area contributed by atoms with Crippen molar-refractivity contribution < 1.29 is 14.0 Å². The van der Waals surface area contributed by atoms with Crippen LogP contribution in [0.1, 0.15) is 15.9 Å². The standard InChI is InChI=1S/C16H12ClFN2O2/c17-13-7-11(5-6-14(13)18)19-15(21)9-20-8-10-3-1-2-4-12(10)16(20)22/h1-7H,8-9H2,(H,19,21). The fourth-order valence-corrected chi connectivity index (χ4v) is 2.57. The van der Waals surface area contributed by atoms with Crippen molar-refractivity contribution in [2.75, 3.05) is 11.9 Å². The molecule has 0 aliphatic carbocycles. The largest absolute Gasteiger partial charge is 0.325 e. The highest BCUT2D eigenvalue weighted by atomic mass is 35.5. The topological polar surface area (TPSA) is 49.4 Å². The van der Waals surface area contributed by atoms with Gasteiger partial charge in [-0.15, -0.1) is 0 Å². The molecule has 22 heavy (non-hydrogen) atoms. The second kappa shape index (κ2) is 5.77. The molecule has 0 radical (unpaired) electrons. The molecular formula is C16H12ClFN2O2. The molecule has 1 heterocycles. The summed E-state index contributed by atoms with van der Waals surface area (Å²) < 4.78 is 13.1. The highest BCUT2D eigenvalue weighted by Crippen LogP contribution is 2.22. The Morgan fingerprint density at radius 2 is 2.05 bits per heavy atom. The first-order valence-corrected chi connectivity index (χ1v) is 7.04. The number of nitrogens with zero attached hydrogens (tertiary/aromatic N) is 1. The number of hydrogen-bond acceptors (Lipinski definition) is 2. The molecule has 112 valence electrons. The predicted octanol–water partition coefficient (Wildman–Crippen LogP) is 3.07. The van der Waals surface area contributed by atoms with Crippen LogP contribution in [0.3, 0.4) is 0 Å². The Labute approximate surface area is 131 Å². The van der Waals surface area contributed by atoms with E-state index >= 15 is 0 Å². The van der Waals surface area contributed by atoms with Gasteiger partial charge in [0.25, 0.3) is 5.91 Å². The molecule has 0 aromatic heterocycles. The number of anilines is 1. The fourth-order valence-electron chi connectivity index (χ4n) is 2.39. The van der Waals surface area contributed by atoms with Crippen LogP contribution in [0.5, 0.6) is 0 Å². The summed E-state index contributed by atoms with van der Waals surface area (Å²) in [5.41, 5.74) is 1.92. The van der Waals surface area contributed by atoms with Gasteiger partial charge in [0.15, 0.2) is 0 Å². The van der Waals surface area contributed by atoms with E-state index in [2.05, 4.69) is 5.32 Å². The molecule has 6 heteroatoms. The minimum atomic E-state index is -0.551. The first kappa shape index (κ1) is 14.5. The first-order chi connectivity index (χ1) is 10.5. The van der Waals surface area contributed by atoms with E-state index < -0.39 is 5.82 Å². The molecule has 0 saturated carbocycles. The molecule has 0 saturated heterocycles. The Hall–Kier alpha value is -2.40. The third-order valence-corrected chi connectivity index (χ3v) is 3.72. The number of benzene rings is 2. The van der Waals surface area contributed by atoms with Gasteiger partial charge in [0.1, 0.15) is 12.4 Å². The van der Waals surface area contributed by atoms with Crippen molar-refractivity contribution in [1.29, 1.82) is 0 Å². The van der Waals surface area contributed by atoms with Crippen LogP contribution < -0.4 is 5.32 Å². The van der Waals surface area contributed by atoms with Crippen molar-refractivity contribution in [3.8, 4) is 0 Å². The molecule has 2 aromatic carbocycles. The van der Waals surface area contributed by atoms with Crippen LogP contribution in [0, 0.1) is 5.82 Å². The van der Waals surface area contributed by atoms with Crippen LogP contribution in [0.4, 0.5) is 10.1 Å². The summed E-state index contributed by atoms with van der Waals surface area (Å²) in [6.45, 7) is 0.342. The van der Waals surface area contributed by atoms with Gasteiger partial charge in [0.2, 0.25) is 5.91 Å². The molecule has 4 nitrogen and oxygen atoms in total. The monoisotopic (exact) mass is 318 g/mol. The lowest BCUT2D eigenvalue weighted by molar-refractivity contribution is -0.116. The quantitative estimate of drug-likeness (QED) is 0.945. The average Bonchev–Trinajstić information content (AvgIpc) is 2.80. The molecule has 0 fully saturated rings. The number of fused-ring (bicyclic) bond motifs is 1. The van der Waals surface area contributed by atoms with Gasteiger partial charge in [-0.1, -0.05) is 29.8 Å². The van der Waals surface area contributed by atoms with Crippen LogP contribution in [0.2, 0.25) is 5.02 Å². The van der Waals surface area contributed by atoms with E-state index in [-0.39, 0.29) is 23.4 Å². The molecule has 3 rings (SSSR count). The van der Waals surface area contributed by atoms with Crippen LogP contribution in [-0.2, 0) is 11.3 Å². The summed E-state index contributed by atoms with van der Waals surface area (Å²) in [7, 11) is 0. The minimum Gasteiger partial charge on any atom is -0.325 e. The highest BCUT2D eigenvalue weighted by molar-refractivity contribution is 6.31. The van der Waals surface area contributed by atoms with Gasteiger partial charge in [-0.25, -0.2) is 4.39 Å². The van der Waals surface area contributed by atoms with Gasteiger partial charge in [-0.2, -0.15) is 0 Å². The summed E-state index contributed by atoms with van der Waals surface area (Å²) in [6.07, 6.45) is 0. The van der Waals surface area contributed by atoms with Gasteiger partial charge in [0.05, 0.1) is 5.02 Å². The van der Waals surface area contributed by atoms with Crippen molar-refractivity contribution >= 4 is 29.1 Å². The Morgan fingerprint density at radius 3 is 2.77 bits per heavy atom. The van der Waals surface area contributed by atoms with Gasteiger partial charge in [-0.3, -0.25) is 9.59 Å². The number of carbonyl (C=O) groups excluding carboxylic acids is 2. The third-order valence-electron chi connectivity index (χ3n) is 3.43. The molecule has 0 unspecified atom stereocenters. The van der Waals surface area contributed by atoms with E-state index in [4.69, 9.17) is 11.6 Å². The zero-order valence-electron chi connectivity index (χ0n) is 11.5. The van der Waals surface area contributed by atoms with Crippen molar-refractivity contribution in [3.05, 3.63) is 64.4 Å². The molecule has 1 N–H and O–H groups in total. The van der Waals surface area contributed by atoms with Gasteiger partial charge >= 0.3 is 0 Å². The van der Waals surface area contributed by atoms with E-state index in [0.717, 1.165) is 5.56 Å². The van der Waals surface area contributed by atoms with Crippen molar-refractivity contribution in [3.63, 3.8) is 0 Å². The SMILES string of the molecule is O=C(CN1Cc2ccccc2C1=O)Nc1ccc(F)c(Cl)c1. The number of amides is 2. The van der Waals surface area contributed by atoms with Crippen molar-refractivity contribution in [1.82, 2.24) is 4.90 Å². The maximum atomic E-state index is 13.1. The fraction of sp³-hybridized carbons (Fsp3) is 0.125. The number of halogens is 2. The maximum absolute atomic E-state index is 13.1. The van der Waals surface area contributed by atoms with E-state index in [0.29, 0.717) is 17.8 Å². The lowest BCUT2D eigenvalue weighted by Crippen LogP contribution is -2.33. The second-order valence-electron chi connectivity index (χ2n) is 5.00. The molecule has 0 spiro atoms. The van der Waals surface area contributed by atoms with Crippen LogP contribution >= 0.6 is 11.6 Å². The summed E-state index contributed by atoms with van der Waals surface area (Å²) in [5, 5.41) is 2.53. The molecule has 1 aliphatic rings.